The lowest BCUT2D eigenvalue weighted by molar-refractivity contribution is -0.130. The summed E-state index contributed by atoms with van der Waals surface area (Å²) < 4.78 is 11.3. The first kappa shape index (κ1) is 17.3. The van der Waals surface area contributed by atoms with E-state index in [0.717, 1.165) is 38.2 Å². The van der Waals surface area contributed by atoms with E-state index in [0.29, 0.717) is 25.5 Å². The Hall–Kier alpha value is -1.51. The Labute approximate surface area is 142 Å². The molecule has 2 aliphatic heterocycles. The second-order valence-corrected chi connectivity index (χ2v) is 6.40. The molecule has 8 nitrogen and oxygen atoms in total. The molecule has 3 rings (SSSR count). The maximum absolute atomic E-state index is 12.4. The summed E-state index contributed by atoms with van der Waals surface area (Å²) >= 11 is 0. The summed E-state index contributed by atoms with van der Waals surface area (Å²) in [7, 11) is 0. The molecule has 2 aliphatic rings. The number of hydrogen-bond acceptors (Lipinski definition) is 6. The van der Waals surface area contributed by atoms with Crippen molar-refractivity contribution in [2.24, 2.45) is 0 Å². The van der Waals surface area contributed by atoms with Gasteiger partial charge >= 0.3 is 0 Å². The third-order valence-electron chi connectivity index (χ3n) is 4.72. The van der Waals surface area contributed by atoms with E-state index < -0.39 is 0 Å². The average Bonchev–Trinajstić information content (AvgIpc) is 3.30. The molecule has 2 N–H and O–H groups in total. The van der Waals surface area contributed by atoms with Gasteiger partial charge < -0.3 is 14.8 Å². The first-order valence-electron chi connectivity index (χ1n) is 8.83. The first-order valence-corrected chi connectivity index (χ1v) is 8.83. The maximum atomic E-state index is 12.4. The largest absolute Gasteiger partial charge is 0.376 e. The van der Waals surface area contributed by atoms with E-state index in [4.69, 9.17) is 9.47 Å². The Morgan fingerprint density at radius 1 is 1.46 bits per heavy atom. The molecule has 0 bridgehead atoms. The van der Waals surface area contributed by atoms with E-state index in [1.807, 2.05) is 13.8 Å². The van der Waals surface area contributed by atoms with Gasteiger partial charge in [-0.05, 0) is 19.8 Å². The van der Waals surface area contributed by atoms with Crippen molar-refractivity contribution in [3.05, 3.63) is 11.6 Å². The molecule has 134 valence electrons. The minimum Gasteiger partial charge on any atom is -0.376 e. The number of amides is 1. The predicted molar refractivity (Wildman–Crippen MR) is 87.5 cm³/mol. The standard InChI is InChI=1S/C16H27N5O3/c1-3-14-18-15(20-19-14)13-10-21(6-8-24-13)11(2)16(22)17-9-12-5-4-7-23-12/h11-13H,3-10H2,1-2H3,(H,17,22)(H,18,19,20). The number of carbonyl (C=O) groups excluding carboxylic acids is 1. The number of morpholine rings is 1. The molecule has 3 unspecified atom stereocenters. The first-order chi connectivity index (χ1) is 11.7. The fourth-order valence-electron chi connectivity index (χ4n) is 3.12. The van der Waals surface area contributed by atoms with E-state index in [2.05, 4.69) is 25.4 Å². The van der Waals surface area contributed by atoms with Crippen LogP contribution in [0, 0.1) is 0 Å². The highest BCUT2D eigenvalue weighted by molar-refractivity contribution is 5.81. The fraction of sp³-hybridized carbons (Fsp3) is 0.812. The van der Waals surface area contributed by atoms with Crippen LogP contribution in [-0.2, 0) is 20.7 Å². The lowest BCUT2D eigenvalue weighted by Crippen LogP contribution is -2.51. The average molecular weight is 337 g/mol. The normalized spacial score (nSPS) is 26.4. The molecule has 24 heavy (non-hydrogen) atoms. The van der Waals surface area contributed by atoms with Gasteiger partial charge in [0.2, 0.25) is 5.91 Å². The molecule has 0 saturated carbocycles. The van der Waals surface area contributed by atoms with Gasteiger partial charge in [-0.15, -0.1) is 0 Å². The van der Waals surface area contributed by atoms with Gasteiger partial charge in [-0.25, -0.2) is 4.98 Å². The second kappa shape index (κ2) is 8.04. The van der Waals surface area contributed by atoms with Crippen LogP contribution in [0.1, 0.15) is 44.4 Å². The van der Waals surface area contributed by atoms with E-state index >= 15 is 0 Å². The summed E-state index contributed by atoms with van der Waals surface area (Å²) in [6.45, 7) is 7.28. The van der Waals surface area contributed by atoms with Crippen molar-refractivity contribution in [3.63, 3.8) is 0 Å². The molecule has 3 atom stereocenters. The summed E-state index contributed by atoms with van der Waals surface area (Å²) in [5.74, 6) is 1.56. The molecule has 0 aromatic carbocycles. The Morgan fingerprint density at radius 2 is 2.33 bits per heavy atom. The molecule has 1 aromatic heterocycles. The minimum atomic E-state index is -0.206. The monoisotopic (exact) mass is 337 g/mol. The van der Waals surface area contributed by atoms with E-state index in [1.165, 1.54) is 0 Å². The molecule has 3 heterocycles. The topological polar surface area (TPSA) is 92.4 Å². The molecule has 0 spiro atoms. The van der Waals surface area contributed by atoms with Gasteiger partial charge in [-0.2, -0.15) is 5.10 Å². The van der Waals surface area contributed by atoms with Crippen LogP contribution in [0.5, 0.6) is 0 Å². The van der Waals surface area contributed by atoms with Crippen LogP contribution >= 0.6 is 0 Å². The van der Waals surface area contributed by atoms with Crippen LogP contribution in [0.15, 0.2) is 0 Å². The molecule has 0 radical (unpaired) electrons. The maximum Gasteiger partial charge on any atom is 0.237 e. The van der Waals surface area contributed by atoms with E-state index in [9.17, 15) is 4.79 Å². The van der Waals surface area contributed by atoms with Crippen molar-refractivity contribution < 1.29 is 14.3 Å². The van der Waals surface area contributed by atoms with Crippen molar-refractivity contribution in [2.45, 2.75) is 51.4 Å². The molecule has 8 heteroatoms. The van der Waals surface area contributed by atoms with Gasteiger partial charge in [0, 0.05) is 32.7 Å². The molecule has 0 aliphatic carbocycles. The zero-order chi connectivity index (χ0) is 16.9. The highest BCUT2D eigenvalue weighted by Gasteiger charge is 2.31. The van der Waals surface area contributed by atoms with Crippen LogP contribution in [-0.4, -0.2) is 71.0 Å². The Kier molecular flexibility index (Phi) is 5.80. The second-order valence-electron chi connectivity index (χ2n) is 6.40. The smallest absolute Gasteiger partial charge is 0.237 e. The number of H-pyrrole nitrogens is 1. The van der Waals surface area contributed by atoms with Gasteiger partial charge in [0.25, 0.3) is 0 Å². The number of aromatic nitrogens is 3. The van der Waals surface area contributed by atoms with Crippen molar-refractivity contribution >= 4 is 5.91 Å². The number of ether oxygens (including phenoxy) is 2. The number of nitrogens with zero attached hydrogens (tertiary/aromatic N) is 3. The van der Waals surface area contributed by atoms with Crippen molar-refractivity contribution in [3.8, 4) is 0 Å². The molecule has 2 saturated heterocycles. The van der Waals surface area contributed by atoms with Gasteiger partial charge in [-0.3, -0.25) is 14.8 Å². The number of aryl methyl sites for hydroxylation is 1. The molecular weight excluding hydrogens is 310 g/mol. The van der Waals surface area contributed by atoms with Crippen LogP contribution in [0.4, 0.5) is 0 Å². The van der Waals surface area contributed by atoms with Crippen LogP contribution in [0.3, 0.4) is 0 Å². The Balaban J connectivity index is 1.51. The van der Waals surface area contributed by atoms with Crippen molar-refractivity contribution in [1.29, 1.82) is 0 Å². The lowest BCUT2D eigenvalue weighted by atomic mass is 10.2. The molecular formula is C16H27N5O3. The summed E-state index contributed by atoms with van der Waals surface area (Å²) in [5.41, 5.74) is 0. The summed E-state index contributed by atoms with van der Waals surface area (Å²) in [6.07, 6.45) is 2.89. The van der Waals surface area contributed by atoms with E-state index in [-0.39, 0.29) is 24.2 Å². The van der Waals surface area contributed by atoms with Crippen molar-refractivity contribution in [2.75, 3.05) is 32.8 Å². The molecule has 1 amide bonds. The van der Waals surface area contributed by atoms with Gasteiger partial charge in [0.15, 0.2) is 5.82 Å². The summed E-state index contributed by atoms with van der Waals surface area (Å²) in [5, 5.41) is 10.2. The zero-order valence-corrected chi connectivity index (χ0v) is 14.5. The third kappa shape index (κ3) is 4.12. The lowest BCUT2D eigenvalue weighted by Gasteiger charge is -2.35. The summed E-state index contributed by atoms with van der Waals surface area (Å²) in [6, 6.07) is -0.206. The fourth-order valence-corrected chi connectivity index (χ4v) is 3.12. The van der Waals surface area contributed by atoms with E-state index in [1.54, 1.807) is 0 Å². The number of hydrogen-bond donors (Lipinski definition) is 2. The number of rotatable bonds is 6. The minimum absolute atomic E-state index is 0.0374. The number of nitrogens with one attached hydrogen (secondary N) is 2. The SMILES string of the molecule is CCc1nc(C2CN(C(C)C(=O)NCC3CCCO3)CCO2)n[nH]1. The highest BCUT2D eigenvalue weighted by Crippen LogP contribution is 2.21. The van der Waals surface area contributed by atoms with Crippen LogP contribution < -0.4 is 5.32 Å². The Bertz CT molecular complexity index is 544. The van der Waals surface area contributed by atoms with Gasteiger partial charge in [-0.1, -0.05) is 6.92 Å². The van der Waals surface area contributed by atoms with Gasteiger partial charge in [0.05, 0.1) is 18.8 Å². The Morgan fingerprint density at radius 3 is 3.04 bits per heavy atom. The van der Waals surface area contributed by atoms with Gasteiger partial charge in [0.1, 0.15) is 11.9 Å². The van der Waals surface area contributed by atoms with Crippen LogP contribution in [0.2, 0.25) is 0 Å². The summed E-state index contributed by atoms with van der Waals surface area (Å²) in [4.78, 5) is 19.0. The number of carbonyl (C=O) groups is 1. The number of aromatic amines is 1. The van der Waals surface area contributed by atoms with Crippen molar-refractivity contribution in [1.82, 2.24) is 25.4 Å². The third-order valence-corrected chi connectivity index (χ3v) is 4.72. The quantitative estimate of drug-likeness (QED) is 0.782. The molecule has 2 fully saturated rings. The highest BCUT2D eigenvalue weighted by atomic mass is 16.5. The molecule has 1 aromatic rings. The van der Waals surface area contributed by atoms with Crippen LogP contribution in [0.25, 0.3) is 0 Å². The predicted octanol–water partition coefficient (Wildman–Crippen LogP) is 0.424. The zero-order valence-electron chi connectivity index (χ0n) is 14.5.